The van der Waals surface area contributed by atoms with Crippen LogP contribution in [0, 0.1) is 5.82 Å². The number of carbonyl (C=O) groups excluding carboxylic acids is 1. The molecular weight excluding hydrogens is 283 g/mol. The highest BCUT2D eigenvalue weighted by Crippen LogP contribution is 2.18. The monoisotopic (exact) mass is 300 g/mol. The van der Waals surface area contributed by atoms with Crippen molar-refractivity contribution in [3.8, 4) is 0 Å². The maximum atomic E-state index is 13.0. The summed E-state index contributed by atoms with van der Waals surface area (Å²) in [6, 6.07) is 3.78. The molecule has 2 unspecified atom stereocenters. The highest BCUT2D eigenvalue weighted by atomic mass is 35.5. The second kappa shape index (κ2) is 6.90. The fourth-order valence-electron chi connectivity index (χ4n) is 2.33. The molecule has 1 aliphatic rings. The summed E-state index contributed by atoms with van der Waals surface area (Å²) < 4.78 is 13.0. The van der Waals surface area contributed by atoms with Gasteiger partial charge in [0.15, 0.2) is 0 Å². The Morgan fingerprint density at radius 2 is 2.15 bits per heavy atom. The maximum absolute atomic E-state index is 13.0. The molecule has 0 aromatic heterocycles. The van der Waals surface area contributed by atoms with E-state index in [0.29, 0.717) is 0 Å². The number of aliphatic hydroxyl groups is 1. The first kappa shape index (κ1) is 15.1. The molecule has 1 saturated carbocycles. The van der Waals surface area contributed by atoms with Gasteiger partial charge in [0.25, 0.3) is 0 Å². The predicted octanol–water partition coefficient (Wildman–Crippen LogP) is 2.58. The van der Waals surface area contributed by atoms with Gasteiger partial charge in [0.2, 0.25) is 0 Å². The molecule has 2 rings (SSSR count). The van der Waals surface area contributed by atoms with Gasteiger partial charge in [-0.1, -0.05) is 30.5 Å². The number of carbonyl (C=O) groups is 1. The van der Waals surface area contributed by atoms with E-state index >= 15 is 0 Å². The van der Waals surface area contributed by atoms with Gasteiger partial charge in [-0.15, -0.1) is 0 Å². The highest BCUT2D eigenvalue weighted by molar-refractivity contribution is 6.30. The SMILES string of the molecule is O=C(NCc1ccc(F)c(Cl)c1)NC1CCCCC1O. The average molecular weight is 301 g/mol. The number of nitrogens with one attached hydrogen (secondary N) is 2. The largest absolute Gasteiger partial charge is 0.391 e. The number of aliphatic hydroxyl groups excluding tert-OH is 1. The van der Waals surface area contributed by atoms with Crippen molar-refractivity contribution in [2.45, 2.75) is 44.4 Å². The van der Waals surface area contributed by atoms with Crippen molar-refractivity contribution in [1.82, 2.24) is 10.6 Å². The molecule has 3 N–H and O–H groups in total. The maximum Gasteiger partial charge on any atom is 0.315 e. The molecule has 0 heterocycles. The number of hydrogen-bond acceptors (Lipinski definition) is 2. The van der Waals surface area contributed by atoms with Crippen LogP contribution in [0.15, 0.2) is 18.2 Å². The molecule has 1 fully saturated rings. The number of amides is 2. The zero-order valence-electron chi connectivity index (χ0n) is 11.0. The van der Waals surface area contributed by atoms with E-state index < -0.39 is 11.9 Å². The Labute approximate surface area is 122 Å². The lowest BCUT2D eigenvalue weighted by Gasteiger charge is -2.28. The van der Waals surface area contributed by atoms with Crippen LogP contribution in [0.5, 0.6) is 0 Å². The van der Waals surface area contributed by atoms with Gasteiger partial charge in [0.1, 0.15) is 5.82 Å². The second-order valence-electron chi connectivity index (χ2n) is 5.03. The molecule has 6 heteroatoms. The van der Waals surface area contributed by atoms with E-state index in [0.717, 1.165) is 31.2 Å². The molecule has 2 amide bonds. The molecule has 0 saturated heterocycles. The van der Waals surface area contributed by atoms with Gasteiger partial charge in [0, 0.05) is 6.54 Å². The molecule has 1 aromatic rings. The molecule has 0 bridgehead atoms. The van der Waals surface area contributed by atoms with Crippen molar-refractivity contribution in [2.75, 3.05) is 0 Å². The van der Waals surface area contributed by atoms with Crippen LogP contribution >= 0.6 is 11.6 Å². The number of benzene rings is 1. The predicted molar refractivity (Wildman–Crippen MR) is 75.0 cm³/mol. The van der Waals surface area contributed by atoms with Crippen LogP contribution in [0.25, 0.3) is 0 Å². The third kappa shape index (κ3) is 4.08. The lowest BCUT2D eigenvalue weighted by atomic mass is 9.93. The highest BCUT2D eigenvalue weighted by Gasteiger charge is 2.24. The summed E-state index contributed by atoms with van der Waals surface area (Å²) in [4.78, 5) is 11.7. The molecule has 2 atom stereocenters. The van der Waals surface area contributed by atoms with Gasteiger partial charge in [-0.2, -0.15) is 0 Å². The molecule has 1 aromatic carbocycles. The Bertz CT molecular complexity index is 484. The van der Waals surface area contributed by atoms with Crippen LogP contribution in [-0.4, -0.2) is 23.3 Å². The minimum Gasteiger partial charge on any atom is -0.391 e. The minimum absolute atomic E-state index is 0.0346. The normalized spacial score (nSPS) is 22.4. The van der Waals surface area contributed by atoms with Crippen molar-refractivity contribution in [3.05, 3.63) is 34.6 Å². The van der Waals surface area contributed by atoms with Crippen LogP contribution in [0.2, 0.25) is 5.02 Å². The zero-order valence-corrected chi connectivity index (χ0v) is 11.8. The average Bonchev–Trinajstić information content (AvgIpc) is 2.43. The summed E-state index contributed by atoms with van der Waals surface area (Å²) in [5.74, 6) is -0.481. The van der Waals surface area contributed by atoms with Crippen molar-refractivity contribution < 1.29 is 14.3 Å². The first-order valence-corrected chi connectivity index (χ1v) is 7.10. The molecule has 0 spiro atoms. The minimum atomic E-state index is -0.481. The first-order chi connectivity index (χ1) is 9.56. The molecule has 4 nitrogen and oxygen atoms in total. The van der Waals surface area contributed by atoms with Gasteiger partial charge in [-0.25, -0.2) is 9.18 Å². The Hall–Kier alpha value is -1.33. The first-order valence-electron chi connectivity index (χ1n) is 6.72. The van der Waals surface area contributed by atoms with Crippen molar-refractivity contribution in [3.63, 3.8) is 0 Å². The molecule has 0 radical (unpaired) electrons. The fraction of sp³-hybridized carbons (Fsp3) is 0.500. The zero-order chi connectivity index (χ0) is 14.5. The number of hydrogen-bond donors (Lipinski definition) is 3. The second-order valence-corrected chi connectivity index (χ2v) is 5.44. The Morgan fingerprint density at radius 1 is 1.40 bits per heavy atom. The van der Waals surface area contributed by atoms with Gasteiger partial charge in [-0.05, 0) is 30.5 Å². The van der Waals surface area contributed by atoms with Crippen LogP contribution in [0.1, 0.15) is 31.2 Å². The summed E-state index contributed by atoms with van der Waals surface area (Å²) in [6.45, 7) is 0.259. The van der Waals surface area contributed by atoms with Gasteiger partial charge < -0.3 is 15.7 Å². The van der Waals surface area contributed by atoms with Crippen molar-refractivity contribution in [1.29, 1.82) is 0 Å². The lowest BCUT2D eigenvalue weighted by molar-refractivity contribution is 0.0943. The van der Waals surface area contributed by atoms with E-state index in [4.69, 9.17) is 11.6 Å². The van der Waals surface area contributed by atoms with E-state index in [1.54, 1.807) is 6.07 Å². The van der Waals surface area contributed by atoms with E-state index in [-0.39, 0.29) is 23.6 Å². The smallest absolute Gasteiger partial charge is 0.315 e. The molecule has 0 aliphatic heterocycles. The molecular formula is C14H18ClFN2O2. The van der Waals surface area contributed by atoms with E-state index in [1.807, 2.05) is 0 Å². The Morgan fingerprint density at radius 3 is 2.85 bits per heavy atom. The molecule has 20 heavy (non-hydrogen) atoms. The third-order valence-electron chi connectivity index (χ3n) is 3.48. The molecule has 1 aliphatic carbocycles. The van der Waals surface area contributed by atoms with Crippen LogP contribution in [0.4, 0.5) is 9.18 Å². The standard InChI is InChI=1S/C14H18ClFN2O2/c15-10-7-9(5-6-11(10)16)8-17-14(20)18-12-3-1-2-4-13(12)19/h5-7,12-13,19H,1-4,8H2,(H2,17,18,20). The van der Waals surface area contributed by atoms with E-state index in [1.165, 1.54) is 12.1 Å². The summed E-state index contributed by atoms with van der Waals surface area (Å²) in [5.41, 5.74) is 0.718. The summed E-state index contributed by atoms with van der Waals surface area (Å²) in [6.07, 6.45) is 3.04. The molecule has 110 valence electrons. The van der Waals surface area contributed by atoms with E-state index in [9.17, 15) is 14.3 Å². The Balaban J connectivity index is 1.81. The third-order valence-corrected chi connectivity index (χ3v) is 3.77. The van der Waals surface area contributed by atoms with Crippen LogP contribution in [0.3, 0.4) is 0 Å². The quantitative estimate of drug-likeness (QED) is 0.803. The summed E-state index contributed by atoms with van der Waals surface area (Å²) in [5, 5.41) is 15.2. The number of urea groups is 1. The lowest BCUT2D eigenvalue weighted by Crippen LogP contribution is -2.48. The van der Waals surface area contributed by atoms with Crippen LogP contribution in [-0.2, 0) is 6.54 Å². The van der Waals surface area contributed by atoms with Gasteiger partial charge >= 0.3 is 6.03 Å². The van der Waals surface area contributed by atoms with Crippen LogP contribution < -0.4 is 10.6 Å². The summed E-state index contributed by atoms with van der Waals surface area (Å²) >= 11 is 5.67. The Kier molecular flexibility index (Phi) is 5.20. The topological polar surface area (TPSA) is 61.4 Å². The fourth-order valence-corrected chi connectivity index (χ4v) is 2.53. The van der Waals surface area contributed by atoms with Gasteiger partial charge in [-0.3, -0.25) is 0 Å². The van der Waals surface area contributed by atoms with Crippen molar-refractivity contribution >= 4 is 17.6 Å². The number of rotatable bonds is 3. The number of halogens is 2. The van der Waals surface area contributed by atoms with E-state index in [2.05, 4.69) is 10.6 Å². The van der Waals surface area contributed by atoms with Crippen molar-refractivity contribution in [2.24, 2.45) is 0 Å². The summed E-state index contributed by atoms with van der Waals surface area (Å²) in [7, 11) is 0. The van der Waals surface area contributed by atoms with Gasteiger partial charge in [0.05, 0.1) is 17.2 Å².